The average Bonchev–Trinajstić information content (AvgIpc) is 3.22. The summed E-state index contributed by atoms with van der Waals surface area (Å²) in [4.78, 5) is 22.7. The van der Waals surface area contributed by atoms with E-state index in [2.05, 4.69) is 10.5 Å². The molecule has 1 heterocycles. The third-order valence-corrected chi connectivity index (χ3v) is 4.44. The Morgan fingerprint density at radius 3 is 2.63 bits per heavy atom. The molecule has 27 heavy (non-hydrogen) atoms. The number of nitrogens with zero attached hydrogens (tertiary/aromatic N) is 2. The van der Waals surface area contributed by atoms with Crippen molar-refractivity contribution < 1.29 is 14.5 Å². The maximum Gasteiger partial charge on any atom is 0.281 e. The summed E-state index contributed by atoms with van der Waals surface area (Å²) in [6, 6.07) is 16.9. The Labute approximate surface area is 159 Å². The first-order valence-corrected chi connectivity index (χ1v) is 8.83. The molecule has 0 aliphatic heterocycles. The minimum absolute atomic E-state index is 0.0350. The van der Waals surface area contributed by atoms with Gasteiger partial charge in [-0.1, -0.05) is 18.2 Å². The number of nitro groups is 1. The van der Waals surface area contributed by atoms with E-state index >= 15 is 0 Å². The fourth-order valence-electron chi connectivity index (χ4n) is 2.22. The van der Waals surface area contributed by atoms with Crippen molar-refractivity contribution in [2.24, 2.45) is 5.10 Å². The summed E-state index contributed by atoms with van der Waals surface area (Å²) >= 11 is 1.34. The molecule has 3 aromatic rings. The summed E-state index contributed by atoms with van der Waals surface area (Å²) in [7, 11) is 0. The molecule has 0 spiro atoms. The largest absolute Gasteiger partial charge is 0.488 e. The number of hydrogen-bond acceptors (Lipinski definition) is 6. The van der Waals surface area contributed by atoms with Crippen molar-refractivity contribution >= 4 is 29.1 Å². The third kappa shape index (κ3) is 4.99. The first-order chi connectivity index (χ1) is 13.1. The van der Waals surface area contributed by atoms with Crippen LogP contribution in [0.15, 0.2) is 71.1 Å². The summed E-state index contributed by atoms with van der Waals surface area (Å²) in [6.45, 7) is 0.254. The van der Waals surface area contributed by atoms with E-state index in [1.807, 2.05) is 23.6 Å². The predicted octanol–water partition coefficient (Wildman–Crippen LogP) is 4.00. The number of hydrogen-bond donors (Lipinski definition) is 1. The zero-order valence-corrected chi connectivity index (χ0v) is 14.9. The molecule has 2 aromatic carbocycles. The number of para-hydroxylation sites is 1. The number of nitro benzene ring substituents is 1. The molecule has 0 aliphatic carbocycles. The lowest BCUT2D eigenvalue weighted by molar-refractivity contribution is -0.384. The van der Waals surface area contributed by atoms with Crippen LogP contribution in [0.5, 0.6) is 5.75 Å². The molecule has 1 aromatic heterocycles. The summed E-state index contributed by atoms with van der Waals surface area (Å²) in [5.74, 6) is 0.315. The Morgan fingerprint density at radius 2 is 1.93 bits per heavy atom. The standard InChI is InChI=1S/C19H15N3O4S/c23-19(18-6-3-11-27-18)21-20-12-15-4-1-2-5-17(15)26-13-14-7-9-16(10-8-14)22(24)25/h1-12H,13H2,(H,21,23)/b20-12+. The monoisotopic (exact) mass is 381 g/mol. The number of nitrogens with one attached hydrogen (secondary N) is 1. The smallest absolute Gasteiger partial charge is 0.281 e. The molecule has 0 radical (unpaired) electrons. The average molecular weight is 381 g/mol. The number of ether oxygens (including phenoxy) is 1. The van der Waals surface area contributed by atoms with Crippen LogP contribution in [-0.4, -0.2) is 17.0 Å². The van der Waals surface area contributed by atoms with Gasteiger partial charge in [-0.25, -0.2) is 5.43 Å². The van der Waals surface area contributed by atoms with E-state index in [1.165, 1.54) is 29.7 Å². The van der Waals surface area contributed by atoms with E-state index in [9.17, 15) is 14.9 Å². The molecule has 0 aliphatic rings. The number of non-ortho nitro benzene ring substituents is 1. The molecule has 0 fully saturated rings. The Bertz CT molecular complexity index is 953. The predicted molar refractivity (Wildman–Crippen MR) is 103 cm³/mol. The van der Waals surface area contributed by atoms with E-state index in [4.69, 9.17) is 4.74 Å². The fourth-order valence-corrected chi connectivity index (χ4v) is 2.83. The molecule has 0 saturated heterocycles. The highest BCUT2D eigenvalue weighted by atomic mass is 32.1. The molecule has 8 heteroatoms. The van der Waals surface area contributed by atoms with Gasteiger partial charge in [0.1, 0.15) is 12.4 Å². The van der Waals surface area contributed by atoms with Crippen LogP contribution >= 0.6 is 11.3 Å². The Morgan fingerprint density at radius 1 is 1.15 bits per heavy atom. The van der Waals surface area contributed by atoms with Crippen molar-refractivity contribution in [3.8, 4) is 5.75 Å². The van der Waals surface area contributed by atoms with Crippen molar-refractivity contribution in [2.75, 3.05) is 0 Å². The quantitative estimate of drug-likeness (QED) is 0.380. The molecule has 1 amide bonds. The van der Waals surface area contributed by atoms with Crippen LogP contribution in [0, 0.1) is 10.1 Å². The van der Waals surface area contributed by atoms with E-state index in [0.717, 1.165) is 5.56 Å². The van der Waals surface area contributed by atoms with Crippen LogP contribution in [0.2, 0.25) is 0 Å². The van der Waals surface area contributed by atoms with Gasteiger partial charge in [0.25, 0.3) is 11.6 Å². The number of amides is 1. The SMILES string of the molecule is O=C(N/N=C/c1ccccc1OCc1ccc([N+](=O)[O-])cc1)c1cccs1. The maximum atomic E-state index is 11.9. The van der Waals surface area contributed by atoms with Gasteiger partial charge >= 0.3 is 0 Å². The molecular formula is C19H15N3O4S. The zero-order chi connectivity index (χ0) is 19.1. The van der Waals surface area contributed by atoms with Gasteiger partial charge in [-0.05, 0) is 41.3 Å². The molecule has 7 nitrogen and oxygen atoms in total. The lowest BCUT2D eigenvalue weighted by Gasteiger charge is -2.09. The third-order valence-electron chi connectivity index (χ3n) is 3.58. The van der Waals surface area contributed by atoms with Gasteiger partial charge in [0.15, 0.2) is 0 Å². The molecule has 136 valence electrons. The van der Waals surface area contributed by atoms with Crippen LogP contribution < -0.4 is 10.2 Å². The molecule has 0 unspecified atom stereocenters. The van der Waals surface area contributed by atoms with Crippen molar-refractivity contribution in [2.45, 2.75) is 6.61 Å². The lowest BCUT2D eigenvalue weighted by atomic mass is 10.2. The second-order valence-electron chi connectivity index (χ2n) is 5.43. The van der Waals surface area contributed by atoms with E-state index in [0.29, 0.717) is 16.2 Å². The van der Waals surface area contributed by atoms with Crippen LogP contribution in [0.1, 0.15) is 20.8 Å². The van der Waals surface area contributed by atoms with Gasteiger partial charge in [-0.2, -0.15) is 5.10 Å². The minimum atomic E-state index is -0.444. The van der Waals surface area contributed by atoms with Crippen molar-refractivity contribution in [1.29, 1.82) is 0 Å². The lowest BCUT2D eigenvalue weighted by Crippen LogP contribution is -2.16. The van der Waals surface area contributed by atoms with Gasteiger partial charge in [-0.3, -0.25) is 14.9 Å². The molecule has 0 saturated carbocycles. The molecule has 0 bridgehead atoms. The fraction of sp³-hybridized carbons (Fsp3) is 0.0526. The van der Waals surface area contributed by atoms with E-state index in [1.54, 1.807) is 30.3 Å². The molecular weight excluding hydrogens is 366 g/mol. The summed E-state index contributed by atoms with van der Waals surface area (Å²) < 4.78 is 5.78. The summed E-state index contributed by atoms with van der Waals surface area (Å²) in [6.07, 6.45) is 1.51. The van der Waals surface area contributed by atoms with Gasteiger partial charge in [0.2, 0.25) is 0 Å². The van der Waals surface area contributed by atoms with Crippen LogP contribution in [-0.2, 0) is 6.61 Å². The van der Waals surface area contributed by atoms with Crippen molar-refractivity contribution in [1.82, 2.24) is 5.43 Å². The topological polar surface area (TPSA) is 93.8 Å². The summed E-state index contributed by atoms with van der Waals surface area (Å²) in [5.41, 5.74) is 4.01. The number of rotatable bonds is 7. The van der Waals surface area contributed by atoms with E-state index in [-0.39, 0.29) is 18.2 Å². The normalized spacial score (nSPS) is 10.7. The first kappa shape index (κ1) is 18.3. The number of carbonyl (C=O) groups is 1. The number of benzene rings is 2. The highest BCUT2D eigenvalue weighted by Crippen LogP contribution is 2.19. The Balaban J connectivity index is 1.62. The highest BCUT2D eigenvalue weighted by molar-refractivity contribution is 7.12. The van der Waals surface area contributed by atoms with Crippen molar-refractivity contribution in [3.05, 3.63) is 92.2 Å². The van der Waals surface area contributed by atoms with Crippen molar-refractivity contribution in [3.63, 3.8) is 0 Å². The second kappa shape index (κ2) is 8.72. The Hall–Kier alpha value is -3.52. The van der Waals surface area contributed by atoms with Crippen LogP contribution in [0.3, 0.4) is 0 Å². The zero-order valence-electron chi connectivity index (χ0n) is 14.1. The molecule has 0 atom stereocenters. The molecule has 1 N–H and O–H groups in total. The van der Waals surface area contributed by atoms with Gasteiger partial charge in [0, 0.05) is 17.7 Å². The van der Waals surface area contributed by atoms with Gasteiger partial charge in [-0.15, -0.1) is 11.3 Å². The Kier molecular flexibility index (Phi) is 5.91. The van der Waals surface area contributed by atoms with Gasteiger partial charge in [0.05, 0.1) is 16.0 Å². The van der Waals surface area contributed by atoms with Crippen LogP contribution in [0.25, 0.3) is 0 Å². The second-order valence-corrected chi connectivity index (χ2v) is 6.37. The number of thiophene rings is 1. The molecule has 3 rings (SSSR count). The first-order valence-electron chi connectivity index (χ1n) is 7.95. The van der Waals surface area contributed by atoms with E-state index < -0.39 is 4.92 Å². The maximum absolute atomic E-state index is 11.9. The van der Waals surface area contributed by atoms with Gasteiger partial charge < -0.3 is 4.74 Å². The number of hydrazone groups is 1. The number of carbonyl (C=O) groups excluding carboxylic acids is 1. The minimum Gasteiger partial charge on any atom is -0.488 e. The highest BCUT2D eigenvalue weighted by Gasteiger charge is 2.07. The van der Waals surface area contributed by atoms with Crippen LogP contribution in [0.4, 0.5) is 5.69 Å². The summed E-state index contributed by atoms with van der Waals surface area (Å²) in [5, 5.41) is 16.5.